The van der Waals surface area contributed by atoms with Gasteiger partial charge in [0.15, 0.2) is 5.82 Å². The second-order valence-corrected chi connectivity index (χ2v) is 6.48. The van der Waals surface area contributed by atoms with E-state index >= 15 is 0 Å². The monoisotopic (exact) mass is 391 g/mol. The van der Waals surface area contributed by atoms with Gasteiger partial charge in [0.25, 0.3) is 5.78 Å². The summed E-state index contributed by atoms with van der Waals surface area (Å²) in [4.78, 5) is 31.1. The van der Waals surface area contributed by atoms with Crippen molar-refractivity contribution < 1.29 is 24.0 Å². The molecule has 3 heterocycles. The Morgan fingerprint density at radius 1 is 1.21 bits per heavy atom. The molecule has 0 bridgehead atoms. The second-order valence-electron chi connectivity index (χ2n) is 6.48. The molecule has 1 fully saturated rings. The molecule has 8 nitrogen and oxygen atoms in total. The summed E-state index contributed by atoms with van der Waals surface area (Å²) in [5, 5.41) is 14.8. The molecule has 0 spiro atoms. The lowest BCUT2D eigenvalue weighted by Crippen LogP contribution is -2.29. The minimum Gasteiger partial charge on any atom is -0.507 e. The molecule has 1 aromatic carbocycles. The molecule has 29 heavy (non-hydrogen) atoms. The molecule has 146 valence electrons. The maximum Gasteiger partial charge on any atom is 0.301 e. The first-order valence-electron chi connectivity index (χ1n) is 8.80. The Balaban J connectivity index is 1.90. The predicted octanol–water partition coefficient (Wildman–Crippen LogP) is 3.01. The third kappa shape index (κ3) is 3.14. The Bertz CT molecular complexity index is 1100. The number of rotatable bonds is 4. The standard InChI is InChI=1S/C21H17N3O5/c1-12-10-16(23-29-12)24-18(14-4-3-9-22-11-14)17(20(26)21(24)27)19(25)13-5-7-15(28-2)8-6-13/h3-11,18,25H,1-2H3/t18-/m0/s1. The fourth-order valence-electron chi connectivity index (χ4n) is 3.29. The Kier molecular flexibility index (Phi) is 4.59. The van der Waals surface area contributed by atoms with Gasteiger partial charge in [-0.3, -0.25) is 19.5 Å². The number of pyridine rings is 1. The molecule has 0 aliphatic carbocycles. The lowest BCUT2D eigenvalue weighted by atomic mass is 9.96. The van der Waals surface area contributed by atoms with Gasteiger partial charge in [-0.25, -0.2) is 0 Å². The van der Waals surface area contributed by atoms with Crippen molar-refractivity contribution >= 4 is 23.3 Å². The number of benzene rings is 1. The molecule has 4 rings (SSSR count). The van der Waals surface area contributed by atoms with Gasteiger partial charge in [-0.05, 0) is 42.8 Å². The zero-order valence-corrected chi connectivity index (χ0v) is 15.7. The van der Waals surface area contributed by atoms with Crippen molar-refractivity contribution in [3.8, 4) is 5.75 Å². The third-order valence-electron chi connectivity index (χ3n) is 4.67. The molecule has 1 saturated heterocycles. The maximum absolute atomic E-state index is 12.9. The third-order valence-corrected chi connectivity index (χ3v) is 4.67. The van der Waals surface area contributed by atoms with E-state index in [0.29, 0.717) is 22.6 Å². The van der Waals surface area contributed by atoms with Crippen molar-refractivity contribution in [2.45, 2.75) is 13.0 Å². The fourth-order valence-corrected chi connectivity index (χ4v) is 3.29. The van der Waals surface area contributed by atoms with Crippen LogP contribution in [0.1, 0.15) is 22.9 Å². The number of nitrogens with zero attached hydrogens (tertiary/aromatic N) is 3. The number of carbonyl (C=O) groups excluding carboxylic acids is 2. The number of aliphatic hydroxyl groups is 1. The first-order chi connectivity index (χ1) is 14.0. The molecular formula is C21H17N3O5. The molecule has 1 aliphatic rings. The predicted molar refractivity (Wildman–Crippen MR) is 103 cm³/mol. The zero-order chi connectivity index (χ0) is 20.5. The number of aryl methyl sites for hydroxylation is 1. The quantitative estimate of drug-likeness (QED) is 0.414. The summed E-state index contributed by atoms with van der Waals surface area (Å²) >= 11 is 0. The number of amides is 1. The lowest BCUT2D eigenvalue weighted by Gasteiger charge is -2.22. The number of methoxy groups -OCH3 is 1. The fraction of sp³-hybridized carbons (Fsp3) is 0.143. The molecule has 0 radical (unpaired) electrons. The van der Waals surface area contributed by atoms with Crippen LogP contribution in [0.5, 0.6) is 5.75 Å². The van der Waals surface area contributed by atoms with Crippen LogP contribution >= 0.6 is 0 Å². The Morgan fingerprint density at radius 3 is 2.55 bits per heavy atom. The minimum atomic E-state index is -0.893. The lowest BCUT2D eigenvalue weighted by molar-refractivity contribution is -0.132. The van der Waals surface area contributed by atoms with Gasteiger partial charge in [-0.1, -0.05) is 11.2 Å². The summed E-state index contributed by atoms with van der Waals surface area (Å²) in [6.45, 7) is 1.68. The highest BCUT2D eigenvalue weighted by atomic mass is 16.5. The molecular weight excluding hydrogens is 374 g/mol. The smallest absolute Gasteiger partial charge is 0.301 e. The molecule has 3 aromatic rings. The van der Waals surface area contributed by atoms with E-state index in [-0.39, 0.29) is 17.2 Å². The summed E-state index contributed by atoms with van der Waals surface area (Å²) in [5.74, 6) is -0.629. The Labute approximate surface area is 166 Å². The van der Waals surface area contributed by atoms with Gasteiger partial charge in [0.2, 0.25) is 0 Å². The van der Waals surface area contributed by atoms with Gasteiger partial charge >= 0.3 is 5.91 Å². The van der Waals surface area contributed by atoms with E-state index in [1.54, 1.807) is 55.6 Å². The molecule has 0 saturated carbocycles. The van der Waals surface area contributed by atoms with Gasteiger partial charge in [-0.2, -0.15) is 0 Å². The first kappa shape index (κ1) is 18.4. The van der Waals surface area contributed by atoms with E-state index in [4.69, 9.17) is 9.26 Å². The first-order valence-corrected chi connectivity index (χ1v) is 8.80. The van der Waals surface area contributed by atoms with Crippen LogP contribution in [-0.2, 0) is 9.59 Å². The van der Waals surface area contributed by atoms with Crippen LogP contribution in [0, 0.1) is 6.92 Å². The van der Waals surface area contributed by atoms with E-state index in [9.17, 15) is 14.7 Å². The Morgan fingerprint density at radius 2 is 1.97 bits per heavy atom. The minimum absolute atomic E-state index is 0.0474. The Hall–Kier alpha value is -3.94. The number of hydrogen-bond acceptors (Lipinski definition) is 7. The molecule has 1 N–H and O–H groups in total. The number of anilines is 1. The number of aliphatic hydroxyl groups excluding tert-OH is 1. The van der Waals surface area contributed by atoms with Crippen molar-refractivity contribution in [3.63, 3.8) is 0 Å². The summed E-state index contributed by atoms with van der Waals surface area (Å²) < 4.78 is 10.2. The van der Waals surface area contributed by atoms with Gasteiger partial charge in [-0.15, -0.1) is 0 Å². The molecule has 1 atom stereocenters. The normalized spacial score (nSPS) is 18.3. The molecule has 1 amide bonds. The van der Waals surface area contributed by atoms with Gasteiger partial charge < -0.3 is 14.4 Å². The topological polar surface area (TPSA) is 106 Å². The largest absolute Gasteiger partial charge is 0.507 e. The number of aromatic nitrogens is 2. The summed E-state index contributed by atoms with van der Waals surface area (Å²) in [6, 6.07) is 10.6. The molecule has 8 heteroatoms. The van der Waals surface area contributed by atoms with Crippen LogP contribution in [0.3, 0.4) is 0 Å². The summed E-state index contributed by atoms with van der Waals surface area (Å²) in [7, 11) is 1.53. The highest BCUT2D eigenvalue weighted by molar-refractivity contribution is 6.51. The van der Waals surface area contributed by atoms with Crippen molar-refractivity contribution in [2.24, 2.45) is 0 Å². The average molecular weight is 391 g/mol. The van der Waals surface area contributed by atoms with Gasteiger partial charge in [0.1, 0.15) is 17.3 Å². The highest BCUT2D eigenvalue weighted by Gasteiger charge is 2.48. The molecule has 1 aliphatic heterocycles. The SMILES string of the molecule is COc1ccc(C(O)=C2C(=O)C(=O)N(c3cc(C)on3)[C@H]2c2cccnc2)cc1. The van der Waals surface area contributed by atoms with Crippen molar-refractivity contribution in [1.29, 1.82) is 0 Å². The van der Waals surface area contributed by atoms with Crippen molar-refractivity contribution in [3.05, 3.63) is 77.3 Å². The van der Waals surface area contributed by atoms with E-state index in [0.717, 1.165) is 0 Å². The van der Waals surface area contributed by atoms with E-state index < -0.39 is 17.7 Å². The van der Waals surface area contributed by atoms with Crippen LogP contribution in [0.2, 0.25) is 0 Å². The zero-order valence-electron chi connectivity index (χ0n) is 15.7. The van der Waals surface area contributed by atoms with Crippen LogP contribution in [-0.4, -0.2) is 34.0 Å². The van der Waals surface area contributed by atoms with E-state index in [1.165, 1.54) is 18.2 Å². The van der Waals surface area contributed by atoms with Crippen molar-refractivity contribution in [1.82, 2.24) is 10.1 Å². The summed E-state index contributed by atoms with van der Waals surface area (Å²) in [5.41, 5.74) is 0.894. The van der Waals surface area contributed by atoms with Gasteiger partial charge in [0, 0.05) is 24.0 Å². The van der Waals surface area contributed by atoms with E-state index in [1.807, 2.05) is 0 Å². The number of Topliss-reactive ketones (excluding diaryl/α,β-unsaturated/α-hetero) is 1. The molecule has 2 aromatic heterocycles. The second kappa shape index (κ2) is 7.23. The maximum atomic E-state index is 12.9. The van der Waals surface area contributed by atoms with Crippen LogP contribution < -0.4 is 9.64 Å². The van der Waals surface area contributed by atoms with E-state index in [2.05, 4.69) is 10.1 Å². The number of ether oxygens (including phenoxy) is 1. The number of carbonyl (C=O) groups is 2. The number of ketones is 1. The molecule has 0 unspecified atom stereocenters. The average Bonchev–Trinajstić information content (AvgIpc) is 3.29. The van der Waals surface area contributed by atoms with Gasteiger partial charge in [0.05, 0.1) is 18.7 Å². The summed E-state index contributed by atoms with van der Waals surface area (Å²) in [6.07, 6.45) is 3.12. The van der Waals surface area contributed by atoms with Crippen molar-refractivity contribution in [2.75, 3.05) is 12.0 Å². The highest BCUT2D eigenvalue weighted by Crippen LogP contribution is 2.41. The van der Waals surface area contributed by atoms with Crippen LogP contribution in [0.25, 0.3) is 5.76 Å². The number of hydrogen-bond donors (Lipinski definition) is 1. The van der Waals surface area contributed by atoms with Crippen LogP contribution in [0.4, 0.5) is 5.82 Å². The van der Waals surface area contributed by atoms with Crippen LogP contribution in [0.15, 0.2) is 65.0 Å².